The number of ether oxygens (including phenoxy) is 1. The molecule has 5 aromatic rings. The summed E-state index contributed by atoms with van der Waals surface area (Å²) < 4.78 is 6.29. The van der Waals surface area contributed by atoms with Gasteiger partial charge < -0.3 is 15.4 Å². The highest BCUT2D eigenvalue weighted by Gasteiger charge is 2.13. The third kappa shape index (κ3) is 5.00. The van der Waals surface area contributed by atoms with Crippen LogP contribution in [0.5, 0.6) is 5.75 Å². The minimum atomic E-state index is -0.243. The van der Waals surface area contributed by atoms with Gasteiger partial charge in [0.25, 0.3) is 5.91 Å². The van der Waals surface area contributed by atoms with Crippen LogP contribution in [-0.4, -0.2) is 23.0 Å². The van der Waals surface area contributed by atoms with Crippen molar-refractivity contribution in [3.05, 3.63) is 107 Å². The van der Waals surface area contributed by atoms with E-state index in [0.717, 1.165) is 26.6 Å². The second-order valence-corrected chi connectivity index (χ2v) is 8.70. The minimum absolute atomic E-state index is 0.243. The Morgan fingerprint density at radius 3 is 2.49 bits per heavy atom. The highest BCUT2D eigenvalue weighted by molar-refractivity contribution is 9.10. The van der Waals surface area contributed by atoms with Crippen LogP contribution in [0.3, 0.4) is 0 Å². The summed E-state index contributed by atoms with van der Waals surface area (Å²) in [5.41, 5.74) is 4.43. The molecule has 0 radical (unpaired) electrons. The number of anilines is 3. The molecule has 35 heavy (non-hydrogen) atoms. The van der Waals surface area contributed by atoms with Crippen molar-refractivity contribution in [3.63, 3.8) is 0 Å². The van der Waals surface area contributed by atoms with Crippen LogP contribution < -0.4 is 15.4 Å². The van der Waals surface area contributed by atoms with E-state index in [2.05, 4.69) is 26.6 Å². The first-order chi connectivity index (χ1) is 17.1. The van der Waals surface area contributed by atoms with E-state index in [4.69, 9.17) is 14.7 Å². The van der Waals surface area contributed by atoms with Crippen molar-refractivity contribution in [3.8, 4) is 17.0 Å². The van der Waals surface area contributed by atoms with E-state index >= 15 is 0 Å². The van der Waals surface area contributed by atoms with Gasteiger partial charge >= 0.3 is 0 Å². The van der Waals surface area contributed by atoms with E-state index in [1.54, 1.807) is 31.4 Å². The zero-order valence-electron chi connectivity index (χ0n) is 18.8. The quantitative estimate of drug-likeness (QED) is 0.248. The maximum Gasteiger partial charge on any atom is 0.255 e. The van der Waals surface area contributed by atoms with Gasteiger partial charge in [0, 0.05) is 26.7 Å². The van der Waals surface area contributed by atoms with Gasteiger partial charge in [0.2, 0.25) is 5.95 Å². The van der Waals surface area contributed by atoms with Gasteiger partial charge in [-0.05, 0) is 48.5 Å². The zero-order valence-corrected chi connectivity index (χ0v) is 20.4. The van der Waals surface area contributed by atoms with Gasteiger partial charge in [-0.1, -0.05) is 64.5 Å². The van der Waals surface area contributed by atoms with Crippen molar-refractivity contribution < 1.29 is 9.53 Å². The fraction of sp³-hybridized carbons (Fsp3) is 0.0357. The van der Waals surface area contributed by atoms with Crippen molar-refractivity contribution in [1.29, 1.82) is 0 Å². The topological polar surface area (TPSA) is 76.1 Å². The summed E-state index contributed by atoms with van der Waals surface area (Å²) in [5.74, 6) is 0.799. The van der Waals surface area contributed by atoms with Gasteiger partial charge in [0.15, 0.2) is 0 Å². The number of benzene rings is 4. The fourth-order valence-electron chi connectivity index (χ4n) is 3.78. The number of carbonyl (C=O) groups is 1. The standard InChI is InChI=1S/C28H21BrN4O2/c1-35-25-13-6-5-12-24(25)31-27(34)19-10-7-11-21(16-19)30-28-32-23-15-14-20(29)17-22(23)26(33-28)18-8-3-2-4-9-18/h2-17H,1H3,(H,31,34)(H,30,32,33). The molecule has 0 saturated heterocycles. The number of halogens is 1. The molecule has 0 saturated carbocycles. The van der Waals surface area contributed by atoms with E-state index in [1.807, 2.05) is 72.8 Å². The Morgan fingerprint density at radius 2 is 1.66 bits per heavy atom. The predicted molar refractivity (Wildman–Crippen MR) is 143 cm³/mol. The highest BCUT2D eigenvalue weighted by atomic mass is 79.9. The normalized spacial score (nSPS) is 10.7. The lowest BCUT2D eigenvalue weighted by Gasteiger charge is -2.12. The minimum Gasteiger partial charge on any atom is -0.495 e. The lowest BCUT2D eigenvalue weighted by atomic mass is 10.1. The molecular formula is C28H21BrN4O2. The van der Waals surface area contributed by atoms with Crippen LogP contribution in [0.25, 0.3) is 22.2 Å². The molecule has 0 unspecified atom stereocenters. The summed E-state index contributed by atoms with van der Waals surface area (Å²) in [6.45, 7) is 0. The number of fused-ring (bicyclic) bond motifs is 1. The number of amides is 1. The average Bonchev–Trinajstić information content (AvgIpc) is 2.89. The summed E-state index contributed by atoms with van der Waals surface area (Å²) in [6.07, 6.45) is 0. The third-order valence-corrected chi connectivity index (χ3v) is 5.93. The molecular weight excluding hydrogens is 504 g/mol. The third-order valence-electron chi connectivity index (χ3n) is 5.44. The maximum atomic E-state index is 12.9. The molecule has 0 spiro atoms. The van der Waals surface area contributed by atoms with Crippen molar-refractivity contribution in [2.45, 2.75) is 0 Å². The molecule has 0 aliphatic rings. The molecule has 172 valence electrons. The summed E-state index contributed by atoms with van der Waals surface area (Å²) >= 11 is 3.55. The average molecular weight is 525 g/mol. The summed E-state index contributed by atoms with van der Waals surface area (Å²) in [5, 5.41) is 7.11. The molecule has 1 heterocycles. The van der Waals surface area contributed by atoms with Crippen LogP contribution in [0.2, 0.25) is 0 Å². The van der Waals surface area contributed by atoms with Gasteiger partial charge in [0.1, 0.15) is 5.75 Å². The number of nitrogens with one attached hydrogen (secondary N) is 2. The van der Waals surface area contributed by atoms with Gasteiger partial charge in [-0.2, -0.15) is 0 Å². The summed E-state index contributed by atoms with van der Waals surface area (Å²) in [7, 11) is 1.57. The second-order valence-electron chi connectivity index (χ2n) is 7.78. The van der Waals surface area contributed by atoms with Crippen LogP contribution in [0.1, 0.15) is 10.4 Å². The molecule has 6 nitrogen and oxygen atoms in total. The Bertz CT molecular complexity index is 1520. The Morgan fingerprint density at radius 1 is 0.857 bits per heavy atom. The molecule has 0 fully saturated rings. The van der Waals surface area contributed by atoms with Crippen molar-refractivity contribution >= 4 is 50.1 Å². The number of nitrogens with zero attached hydrogens (tertiary/aromatic N) is 2. The van der Waals surface area contributed by atoms with E-state index in [-0.39, 0.29) is 5.91 Å². The molecule has 0 aliphatic carbocycles. The van der Waals surface area contributed by atoms with Crippen molar-refractivity contribution in [2.75, 3.05) is 17.7 Å². The van der Waals surface area contributed by atoms with Gasteiger partial charge in [-0.3, -0.25) is 4.79 Å². The first-order valence-corrected chi connectivity index (χ1v) is 11.7. The van der Waals surface area contributed by atoms with E-state index in [1.165, 1.54) is 0 Å². The molecule has 2 N–H and O–H groups in total. The lowest BCUT2D eigenvalue weighted by molar-refractivity contribution is 0.102. The van der Waals surface area contributed by atoms with Crippen LogP contribution in [0, 0.1) is 0 Å². The molecule has 0 aliphatic heterocycles. The molecule has 4 aromatic carbocycles. The number of aromatic nitrogens is 2. The monoisotopic (exact) mass is 524 g/mol. The van der Waals surface area contributed by atoms with Gasteiger partial charge in [0.05, 0.1) is 24.0 Å². The Hall–Kier alpha value is -4.23. The number of carbonyl (C=O) groups excluding carboxylic acids is 1. The smallest absolute Gasteiger partial charge is 0.255 e. The Kier molecular flexibility index (Phi) is 6.41. The van der Waals surface area contributed by atoms with Crippen molar-refractivity contribution in [1.82, 2.24) is 9.97 Å². The zero-order chi connectivity index (χ0) is 24.2. The summed E-state index contributed by atoms with van der Waals surface area (Å²) in [6, 6.07) is 30.4. The van der Waals surface area contributed by atoms with E-state index in [0.29, 0.717) is 28.6 Å². The number of hydrogen-bond acceptors (Lipinski definition) is 5. The Labute approximate surface area is 211 Å². The number of hydrogen-bond donors (Lipinski definition) is 2. The SMILES string of the molecule is COc1ccccc1NC(=O)c1cccc(Nc2nc(-c3ccccc3)c3cc(Br)ccc3n2)c1. The second kappa shape index (κ2) is 9.95. The Balaban J connectivity index is 1.46. The molecule has 0 bridgehead atoms. The molecule has 5 rings (SSSR count). The lowest BCUT2D eigenvalue weighted by Crippen LogP contribution is -2.13. The summed E-state index contributed by atoms with van der Waals surface area (Å²) in [4.78, 5) is 22.4. The fourth-order valence-corrected chi connectivity index (χ4v) is 4.14. The number of rotatable bonds is 6. The first kappa shape index (κ1) is 22.6. The van der Waals surface area contributed by atoms with E-state index in [9.17, 15) is 4.79 Å². The van der Waals surface area contributed by atoms with E-state index < -0.39 is 0 Å². The largest absolute Gasteiger partial charge is 0.495 e. The molecule has 1 aromatic heterocycles. The molecule has 1 amide bonds. The van der Waals surface area contributed by atoms with Gasteiger partial charge in [-0.15, -0.1) is 0 Å². The van der Waals surface area contributed by atoms with Crippen molar-refractivity contribution in [2.24, 2.45) is 0 Å². The maximum absolute atomic E-state index is 12.9. The highest BCUT2D eigenvalue weighted by Crippen LogP contribution is 2.30. The molecule has 0 atom stereocenters. The van der Waals surface area contributed by atoms with Crippen LogP contribution in [0.4, 0.5) is 17.3 Å². The van der Waals surface area contributed by atoms with Crippen LogP contribution >= 0.6 is 15.9 Å². The van der Waals surface area contributed by atoms with Gasteiger partial charge in [-0.25, -0.2) is 9.97 Å². The van der Waals surface area contributed by atoms with Crippen LogP contribution in [-0.2, 0) is 0 Å². The predicted octanol–water partition coefficient (Wildman–Crippen LogP) is 7.06. The molecule has 7 heteroatoms. The first-order valence-electron chi connectivity index (χ1n) is 10.9. The number of methoxy groups -OCH3 is 1. The van der Waals surface area contributed by atoms with Crippen LogP contribution in [0.15, 0.2) is 102 Å². The number of para-hydroxylation sites is 2.